The predicted octanol–water partition coefficient (Wildman–Crippen LogP) is 1.38. The first-order chi connectivity index (χ1) is 7.24. The number of rotatable bonds is 2. The minimum atomic E-state index is -0.265. The number of carbonyl (C=O) groups is 1. The molecule has 2 rings (SSSR count). The smallest absolute Gasteiger partial charge is 0.410 e. The van der Waals surface area contributed by atoms with Crippen molar-refractivity contribution in [3.8, 4) is 0 Å². The van der Waals surface area contributed by atoms with Crippen LogP contribution in [0.4, 0.5) is 4.79 Å². The molecule has 0 N–H and O–H groups in total. The SMILES string of the molecule is CCN1C(=O)O[C@H](c2cncnc2)[C@@H]1C. The zero-order chi connectivity index (χ0) is 10.8. The van der Waals surface area contributed by atoms with E-state index in [1.165, 1.54) is 6.33 Å². The highest BCUT2D eigenvalue weighted by atomic mass is 16.6. The van der Waals surface area contributed by atoms with Gasteiger partial charge in [0.05, 0.1) is 6.04 Å². The summed E-state index contributed by atoms with van der Waals surface area (Å²) in [6.07, 6.45) is 4.31. The molecule has 15 heavy (non-hydrogen) atoms. The molecule has 1 aliphatic rings. The van der Waals surface area contributed by atoms with E-state index in [2.05, 4.69) is 9.97 Å². The van der Waals surface area contributed by atoms with E-state index in [1.54, 1.807) is 17.3 Å². The van der Waals surface area contributed by atoms with E-state index in [9.17, 15) is 4.79 Å². The average molecular weight is 207 g/mol. The first-order valence-electron chi connectivity index (χ1n) is 4.96. The number of ether oxygens (including phenoxy) is 1. The molecule has 5 nitrogen and oxygen atoms in total. The molecule has 1 aromatic rings. The molecule has 0 spiro atoms. The summed E-state index contributed by atoms with van der Waals surface area (Å²) in [6, 6.07) is 0.0356. The Labute approximate surface area is 88.1 Å². The van der Waals surface area contributed by atoms with Crippen molar-refractivity contribution >= 4 is 6.09 Å². The fourth-order valence-corrected chi connectivity index (χ4v) is 1.83. The van der Waals surface area contributed by atoms with E-state index in [0.29, 0.717) is 6.54 Å². The Balaban J connectivity index is 2.23. The van der Waals surface area contributed by atoms with Crippen molar-refractivity contribution in [2.24, 2.45) is 0 Å². The first-order valence-corrected chi connectivity index (χ1v) is 4.96. The maximum Gasteiger partial charge on any atom is 0.410 e. The molecule has 1 saturated heterocycles. The van der Waals surface area contributed by atoms with Crippen LogP contribution >= 0.6 is 0 Å². The zero-order valence-electron chi connectivity index (χ0n) is 8.75. The molecule has 0 saturated carbocycles. The number of nitrogens with zero attached hydrogens (tertiary/aromatic N) is 3. The first kappa shape index (κ1) is 9.89. The lowest BCUT2D eigenvalue weighted by Gasteiger charge is -2.18. The second-order valence-electron chi connectivity index (χ2n) is 3.50. The molecule has 0 aromatic carbocycles. The summed E-state index contributed by atoms with van der Waals surface area (Å²) in [7, 11) is 0. The van der Waals surface area contributed by atoms with Gasteiger partial charge in [-0.15, -0.1) is 0 Å². The molecular formula is C10H13N3O2. The van der Waals surface area contributed by atoms with E-state index in [4.69, 9.17) is 4.74 Å². The van der Waals surface area contributed by atoms with Crippen molar-refractivity contribution in [1.82, 2.24) is 14.9 Å². The number of aromatic nitrogens is 2. The fraction of sp³-hybridized carbons (Fsp3) is 0.500. The van der Waals surface area contributed by atoms with Crippen LogP contribution in [-0.4, -0.2) is 33.5 Å². The normalized spacial score (nSPS) is 25.5. The third-order valence-electron chi connectivity index (χ3n) is 2.64. The highest BCUT2D eigenvalue weighted by Gasteiger charge is 2.38. The number of likely N-dealkylation sites (N-methyl/N-ethyl adjacent to an activating group) is 1. The second kappa shape index (κ2) is 3.84. The predicted molar refractivity (Wildman–Crippen MR) is 53.1 cm³/mol. The van der Waals surface area contributed by atoms with Crippen molar-refractivity contribution < 1.29 is 9.53 Å². The highest BCUT2D eigenvalue weighted by Crippen LogP contribution is 2.30. The third kappa shape index (κ3) is 1.65. The van der Waals surface area contributed by atoms with Gasteiger partial charge in [-0.3, -0.25) is 0 Å². The Morgan fingerprint density at radius 2 is 2.13 bits per heavy atom. The van der Waals surface area contributed by atoms with Crippen molar-refractivity contribution in [2.45, 2.75) is 26.0 Å². The van der Waals surface area contributed by atoms with Crippen LogP contribution in [-0.2, 0) is 4.74 Å². The topological polar surface area (TPSA) is 55.3 Å². The van der Waals surface area contributed by atoms with Gasteiger partial charge < -0.3 is 9.64 Å². The molecule has 2 heterocycles. The number of amides is 1. The van der Waals surface area contributed by atoms with Crippen LogP contribution < -0.4 is 0 Å². The quantitative estimate of drug-likeness (QED) is 0.735. The van der Waals surface area contributed by atoms with Gasteiger partial charge in [0, 0.05) is 24.5 Å². The van der Waals surface area contributed by atoms with Gasteiger partial charge in [-0.25, -0.2) is 14.8 Å². The van der Waals surface area contributed by atoms with Crippen LogP contribution in [0.2, 0.25) is 0 Å². The number of hydrogen-bond acceptors (Lipinski definition) is 4. The lowest BCUT2D eigenvalue weighted by atomic mass is 10.1. The van der Waals surface area contributed by atoms with Crippen molar-refractivity contribution in [2.75, 3.05) is 6.54 Å². The molecule has 0 aliphatic carbocycles. The maximum atomic E-state index is 11.5. The summed E-state index contributed by atoms with van der Waals surface area (Å²) in [5, 5.41) is 0. The monoisotopic (exact) mass is 207 g/mol. The van der Waals surface area contributed by atoms with Gasteiger partial charge in [-0.2, -0.15) is 0 Å². The number of carbonyl (C=O) groups excluding carboxylic acids is 1. The minimum absolute atomic E-state index is 0.0356. The molecule has 5 heteroatoms. The lowest BCUT2D eigenvalue weighted by molar-refractivity contribution is 0.130. The Morgan fingerprint density at radius 1 is 1.47 bits per heavy atom. The summed E-state index contributed by atoms with van der Waals surface area (Å²) < 4.78 is 5.27. The van der Waals surface area contributed by atoms with Gasteiger partial charge in [0.2, 0.25) is 0 Å². The Bertz CT molecular complexity index is 355. The second-order valence-corrected chi connectivity index (χ2v) is 3.50. The molecule has 1 amide bonds. The Kier molecular flexibility index (Phi) is 2.53. The maximum absolute atomic E-state index is 11.5. The standard InChI is InChI=1S/C10H13N3O2/c1-3-13-7(2)9(15-10(13)14)8-4-11-6-12-5-8/h4-7,9H,3H2,1-2H3/t7-,9-/m0/s1. The average Bonchev–Trinajstić information content (AvgIpc) is 2.55. The van der Waals surface area contributed by atoms with Gasteiger partial charge in [0.15, 0.2) is 6.10 Å². The molecule has 1 aromatic heterocycles. The fourth-order valence-electron chi connectivity index (χ4n) is 1.83. The van der Waals surface area contributed by atoms with Crippen molar-refractivity contribution in [3.05, 3.63) is 24.3 Å². The summed E-state index contributed by atoms with van der Waals surface area (Å²) in [5.74, 6) is 0. The molecule has 1 aliphatic heterocycles. The molecular weight excluding hydrogens is 194 g/mol. The van der Waals surface area contributed by atoms with Crippen LogP contribution in [0.5, 0.6) is 0 Å². The van der Waals surface area contributed by atoms with Crippen LogP contribution in [0.25, 0.3) is 0 Å². The van der Waals surface area contributed by atoms with Crippen molar-refractivity contribution in [1.29, 1.82) is 0 Å². The van der Waals surface area contributed by atoms with Crippen LogP contribution in [0.15, 0.2) is 18.7 Å². The Morgan fingerprint density at radius 3 is 2.67 bits per heavy atom. The van der Waals surface area contributed by atoms with Gasteiger partial charge in [-0.1, -0.05) is 0 Å². The van der Waals surface area contributed by atoms with E-state index in [-0.39, 0.29) is 18.2 Å². The van der Waals surface area contributed by atoms with Crippen LogP contribution in [0, 0.1) is 0 Å². The molecule has 1 fully saturated rings. The molecule has 0 bridgehead atoms. The Hall–Kier alpha value is -1.65. The van der Waals surface area contributed by atoms with E-state index >= 15 is 0 Å². The van der Waals surface area contributed by atoms with Crippen molar-refractivity contribution in [3.63, 3.8) is 0 Å². The molecule has 2 atom stereocenters. The van der Waals surface area contributed by atoms with Gasteiger partial charge in [0.1, 0.15) is 6.33 Å². The summed E-state index contributed by atoms with van der Waals surface area (Å²) in [6.45, 7) is 4.55. The van der Waals surface area contributed by atoms with E-state index in [0.717, 1.165) is 5.56 Å². The zero-order valence-corrected chi connectivity index (χ0v) is 8.75. The minimum Gasteiger partial charge on any atom is -0.439 e. The number of hydrogen-bond donors (Lipinski definition) is 0. The third-order valence-corrected chi connectivity index (χ3v) is 2.64. The largest absolute Gasteiger partial charge is 0.439 e. The molecule has 0 radical (unpaired) electrons. The van der Waals surface area contributed by atoms with E-state index in [1.807, 2.05) is 13.8 Å². The summed E-state index contributed by atoms with van der Waals surface area (Å²) >= 11 is 0. The molecule has 80 valence electrons. The van der Waals surface area contributed by atoms with Crippen LogP contribution in [0.1, 0.15) is 25.5 Å². The van der Waals surface area contributed by atoms with Crippen LogP contribution in [0.3, 0.4) is 0 Å². The molecule has 0 unspecified atom stereocenters. The van der Waals surface area contributed by atoms with Gasteiger partial charge in [0.25, 0.3) is 0 Å². The number of cyclic esters (lactones) is 1. The lowest BCUT2D eigenvalue weighted by Crippen LogP contribution is -2.31. The van der Waals surface area contributed by atoms with Gasteiger partial charge in [-0.05, 0) is 13.8 Å². The van der Waals surface area contributed by atoms with Gasteiger partial charge >= 0.3 is 6.09 Å². The summed E-state index contributed by atoms with van der Waals surface area (Å²) in [5.41, 5.74) is 0.842. The highest BCUT2D eigenvalue weighted by molar-refractivity contribution is 5.70. The van der Waals surface area contributed by atoms with E-state index < -0.39 is 0 Å². The summed E-state index contributed by atoms with van der Waals surface area (Å²) in [4.78, 5) is 21.0.